The maximum Gasteiger partial charge on any atom is 0.158 e. The van der Waals surface area contributed by atoms with Crippen LogP contribution in [0.2, 0.25) is 0 Å². The summed E-state index contributed by atoms with van der Waals surface area (Å²) >= 11 is 0. The molecule has 156 valence electrons. The molecule has 2 aromatic heterocycles. The Labute approximate surface area is 183 Å². The van der Waals surface area contributed by atoms with E-state index in [2.05, 4.69) is 65.6 Å². The lowest BCUT2D eigenvalue weighted by Crippen LogP contribution is -2.42. The van der Waals surface area contributed by atoms with Gasteiger partial charge in [0, 0.05) is 17.7 Å². The maximum absolute atomic E-state index is 10.3. The number of nitriles is 1. The first-order valence-corrected chi connectivity index (χ1v) is 11.0. The van der Waals surface area contributed by atoms with Crippen molar-refractivity contribution in [1.29, 1.82) is 5.26 Å². The molecule has 0 aliphatic carbocycles. The summed E-state index contributed by atoms with van der Waals surface area (Å²) in [5, 5.41) is 10.3. The number of hydrogen-bond acceptors (Lipinski definition) is 4. The highest BCUT2D eigenvalue weighted by molar-refractivity contribution is 5.92. The summed E-state index contributed by atoms with van der Waals surface area (Å²) in [4.78, 5) is 9.77. The van der Waals surface area contributed by atoms with E-state index in [0.717, 1.165) is 53.6 Å². The van der Waals surface area contributed by atoms with Gasteiger partial charge in [0.15, 0.2) is 5.65 Å². The zero-order valence-corrected chi connectivity index (χ0v) is 18.3. The van der Waals surface area contributed by atoms with Crippen molar-refractivity contribution < 1.29 is 0 Å². The average Bonchev–Trinajstić information content (AvgIpc) is 3.43. The summed E-state index contributed by atoms with van der Waals surface area (Å²) in [7, 11) is 4.30. The Morgan fingerprint density at radius 3 is 2.55 bits per heavy atom. The van der Waals surface area contributed by atoms with Crippen LogP contribution in [0.15, 0.2) is 54.6 Å². The number of imidazole rings is 1. The molecule has 1 fully saturated rings. The molecule has 0 saturated carbocycles. The van der Waals surface area contributed by atoms with Gasteiger partial charge in [0.1, 0.15) is 17.5 Å². The van der Waals surface area contributed by atoms with E-state index in [9.17, 15) is 5.26 Å². The van der Waals surface area contributed by atoms with Gasteiger partial charge < -0.3 is 4.90 Å². The fourth-order valence-electron chi connectivity index (χ4n) is 5.12. The molecule has 0 radical (unpaired) electrons. The second-order valence-electron chi connectivity index (χ2n) is 8.42. The zero-order chi connectivity index (χ0) is 21.5. The van der Waals surface area contributed by atoms with Gasteiger partial charge in [-0.3, -0.25) is 9.30 Å². The molecule has 5 rings (SSSR count). The van der Waals surface area contributed by atoms with Crippen LogP contribution in [-0.2, 0) is 6.42 Å². The van der Waals surface area contributed by atoms with E-state index in [1.54, 1.807) is 0 Å². The highest BCUT2D eigenvalue weighted by Gasteiger charge is 2.33. The second-order valence-corrected chi connectivity index (χ2v) is 8.42. The van der Waals surface area contributed by atoms with Crippen molar-refractivity contribution in [2.24, 2.45) is 0 Å². The Hall–Kier alpha value is -3.36. The number of benzene rings is 2. The van der Waals surface area contributed by atoms with Crippen LogP contribution in [0.25, 0.3) is 27.8 Å². The van der Waals surface area contributed by atoms with Crippen LogP contribution in [0.1, 0.15) is 30.9 Å². The number of rotatable bonds is 4. The van der Waals surface area contributed by atoms with Crippen LogP contribution in [0, 0.1) is 11.3 Å². The summed E-state index contributed by atoms with van der Waals surface area (Å²) in [6.07, 6.45) is 3.45. The topological polar surface area (TPSA) is 47.6 Å². The maximum atomic E-state index is 10.3. The van der Waals surface area contributed by atoms with Crippen molar-refractivity contribution in [1.82, 2.24) is 14.3 Å². The third-order valence-electron chi connectivity index (χ3n) is 6.43. The van der Waals surface area contributed by atoms with Crippen LogP contribution >= 0.6 is 0 Å². The monoisotopic (exact) mass is 409 g/mol. The molecule has 5 heteroatoms. The second kappa shape index (κ2) is 7.72. The molecular weight excluding hydrogens is 382 g/mol. The van der Waals surface area contributed by atoms with Gasteiger partial charge in [-0.2, -0.15) is 5.26 Å². The quantitative estimate of drug-likeness (QED) is 0.472. The van der Waals surface area contributed by atoms with Crippen molar-refractivity contribution >= 4 is 22.5 Å². The van der Waals surface area contributed by atoms with Gasteiger partial charge >= 0.3 is 0 Å². The van der Waals surface area contributed by atoms with Crippen molar-refractivity contribution in [2.45, 2.75) is 32.4 Å². The smallest absolute Gasteiger partial charge is 0.158 e. The summed E-state index contributed by atoms with van der Waals surface area (Å²) in [6.45, 7) is 3.19. The number of pyridine rings is 1. The van der Waals surface area contributed by atoms with Crippen molar-refractivity contribution in [3.8, 4) is 17.2 Å². The predicted molar refractivity (Wildman–Crippen MR) is 126 cm³/mol. The minimum absolute atomic E-state index is 0.325. The van der Waals surface area contributed by atoms with Gasteiger partial charge in [0.2, 0.25) is 0 Å². The van der Waals surface area contributed by atoms with Gasteiger partial charge in [0.25, 0.3) is 0 Å². The molecule has 1 saturated heterocycles. The minimum Gasteiger partial charge on any atom is -0.342 e. The fraction of sp³-hybridized carbons (Fsp3) is 0.308. The van der Waals surface area contributed by atoms with Gasteiger partial charge in [-0.05, 0) is 51.1 Å². The first-order chi connectivity index (χ1) is 15.2. The third kappa shape index (κ3) is 2.98. The van der Waals surface area contributed by atoms with E-state index >= 15 is 0 Å². The van der Waals surface area contributed by atoms with Crippen molar-refractivity contribution in [3.05, 3.63) is 65.7 Å². The number of aromatic nitrogens is 2. The van der Waals surface area contributed by atoms with E-state index in [-0.39, 0.29) is 0 Å². The van der Waals surface area contributed by atoms with E-state index in [0.29, 0.717) is 11.7 Å². The molecule has 5 nitrogen and oxygen atoms in total. The molecular formula is C26H27N5. The lowest BCUT2D eigenvalue weighted by atomic mass is 9.94. The summed E-state index contributed by atoms with van der Waals surface area (Å²) < 4.78 is 2.24. The van der Waals surface area contributed by atoms with Crippen LogP contribution in [0.3, 0.4) is 0 Å². The normalized spacial score (nSPS) is 16.5. The highest BCUT2D eigenvalue weighted by Crippen LogP contribution is 2.41. The molecule has 1 aliphatic heterocycles. The Bertz CT molecular complexity index is 1300. The van der Waals surface area contributed by atoms with E-state index in [1.807, 2.05) is 30.3 Å². The first kappa shape index (κ1) is 19.6. The summed E-state index contributed by atoms with van der Waals surface area (Å²) in [5.74, 6) is 1.18. The van der Waals surface area contributed by atoms with Crippen LogP contribution < -0.4 is 4.90 Å². The average molecular weight is 410 g/mol. The third-order valence-corrected chi connectivity index (χ3v) is 6.43. The van der Waals surface area contributed by atoms with Gasteiger partial charge in [-0.15, -0.1) is 0 Å². The molecule has 0 amide bonds. The van der Waals surface area contributed by atoms with Crippen molar-refractivity contribution in [2.75, 3.05) is 25.5 Å². The number of nitrogens with zero attached hydrogens (tertiary/aromatic N) is 5. The lowest BCUT2D eigenvalue weighted by molar-refractivity contribution is 0.300. The number of fused-ring (bicyclic) bond motifs is 3. The lowest BCUT2D eigenvalue weighted by Gasteiger charge is -2.34. The largest absolute Gasteiger partial charge is 0.342 e. The van der Waals surface area contributed by atoms with Crippen LogP contribution in [-0.4, -0.2) is 41.1 Å². The summed E-state index contributed by atoms with van der Waals surface area (Å²) in [5.41, 5.74) is 6.70. The SMILES string of the molecule is CCc1c(-c2ccccc2)c(C#N)c2nc3ccccc3n2c1N1CCCC1N(C)C. The molecule has 1 aliphatic rings. The predicted octanol–water partition coefficient (Wildman–Crippen LogP) is 5.08. The molecule has 0 N–H and O–H groups in total. The summed E-state index contributed by atoms with van der Waals surface area (Å²) in [6, 6.07) is 21.0. The van der Waals surface area contributed by atoms with Gasteiger partial charge in [0.05, 0.1) is 17.2 Å². The molecule has 1 unspecified atom stereocenters. The number of para-hydroxylation sites is 2. The van der Waals surface area contributed by atoms with Crippen molar-refractivity contribution in [3.63, 3.8) is 0 Å². The Morgan fingerprint density at radius 2 is 1.84 bits per heavy atom. The minimum atomic E-state index is 0.325. The Kier molecular flexibility index (Phi) is 4.88. The van der Waals surface area contributed by atoms with E-state index in [1.165, 1.54) is 11.4 Å². The fourth-order valence-corrected chi connectivity index (χ4v) is 5.12. The standard InChI is InChI=1S/C26H27N5/c1-4-19-24(18-11-6-5-7-12-18)20(17-27)25-28-21-13-8-9-14-22(21)31(25)26(19)30-16-10-15-23(30)29(2)3/h5-9,11-14,23H,4,10,15-16H2,1-3H3. The highest BCUT2D eigenvalue weighted by atomic mass is 15.4. The zero-order valence-electron chi connectivity index (χ0n) is 18.3. The Balaban J connectivity index is 1.97. The molecule has 4 aromatic rings. The molecule has 2 aromatic carbocycles. The first-order valence-electron chi connectivity index (χ1n) is 11.0. The molecule has 1 atom stereocenters. The van der Waals surface area contributed by atoms with Crippen LogP contribution in [0.5, 0.6) is 0 Å². The Morgan fingerprint density at radius 1 is 1.10 bits per heavy atom. The van der Waals surface area contributed by atoms with Crippen LogP contribution in [0.4, 0.5) is 5.82 Å². The molecule has 31 heavy (non-hydrogen) atoms. The van der Waals surface area contributed by atoms with Gasteiger partial charge in [-0.25, -0.2) is 4.98 Å². The number of anilines is 1. The van der Waals surface area contributed by atoms with E-state index < -0.39 is 0 Å². The van der Waals surface area contributed by atoms with E-state index in [4.69, 9.17) is 4.98 Å². The molecule has 0 spiro atoms. The molecule has 0 bridgehead atoms. The number of hydrogen-bond donors (Lipinski definition) is 0. The van der Waals surface area contributed by atoms with Gasteiger partial charge in [-0.1, -0.05) is 49.4 Å². The molecule has 3 heterocycles.